The molecule has 0 bridgehead atoms. The molecule has 0 saturated heterocycles. The number of rotatable bonds is 12. The van der Waals surface area contributed by atoms with Gasteiger partial charge in [0.05, 0.1) is 6.61 Å². The van der Waals surface area contributed by atoms with Crippen molar-refractivity contribution >= 4 is 8.32 Å². The van der Waals surface area contributed by atoms with Gasteiger partial charge in [0.25, 0.3) is 0 Å². The Bertz CT molecular complexity index is 998. The number of ether oxygens (including phenoxy) is 1. The van der Waals surface area contributed by atoms with Crippen LogP contribution in [0.15, 0.2) is 91.0 Å². The first kappa shape index (κ1) is 28.9. The third kappa shape index (κ3) is 5.93. The van der Waals surface area contributed by atoms with E-state index in [-0.39, 0.29) is 12.0 Å². The van der Waals surface area contributed by atoms with Gasteiger partial charge in [-0.25, -0.2) is 0 Å². The van der Waals surface area contributed by atoms with Crippen LogP contribution in [-0.4, -0.2) is 21.0 Å². The first-order chi connectivity index (χ1) is 17.7. The molecular formula is C34H44O2Si. The molecule has 3 heteroatoms. The van der Waals surface area contributed by atoms with Crippen LogP contribution < -0.4 is 0 Å². The highest BCUT2D eigenvalue weighted by atomic mass is 28.4. The minimum absolute atomic E-state index is 0.0173. The lowest BCUT2D eigenvalue weighted by Crippen LogP contribution is -2.51. The summed E-state index contributed by atoms with van der Waals surface area (Å²) < 4.78 is 14.1. The van der Waals surface area contributed by atoms with E-state index in [0.29, 0.717) is 23.2 Å². The van der Waals surface area contributed by atoms with Crippen LogP contribution >= 0.6 is 0 Å². The lowest BCUT2D eigenvalue weighted by Gasteiger charge is -2.45. The van der Waals surface area contributed by atoms with Crippen LogP contribution in [0.5, 0.6) is 0 Å². The molecule has 0 heterocycles. The Morgan fingerprint density at radius 2 is 1.00 bits per heavy atom. The number of benzene rings is 3. The highest BCUT2D eigenvalue weighted by molar-refractivity contribution is 6.77. The molecule has 196 valence electrons. The summed E-state index contributed by atoms with van der Waals surface area (Å²) in [6, 6.07) is 31.5. The Balaban J connectivity index is 2.03. The van der Waals surface area contributed by atoms with E-state index in [1.165, 1.54) is 0 Å². The fraction of sp³-hybridized carbons (Fsp3) is 0.412. The molecule has 0 aliphatic carbocycles. The van der Waals surface area contributed by atoms with Gasteiger partial charge in [-0.1, -0.05) is 145 Å². The zero-order valence-corrected chi connectivity index (χ0v) is 24.6. The van der Waals surface area contributed by atoms with Gasteiger partial charge in [0, 0.05) is 5.92 Å². The Hall–Kier alpha value is -2.64. The van der Waals surface area contributed by atoms with E-state index in [2.05, 4.69) is 127 Å². The molecule has 0 aromatic heterocycles. The Morgan fingerprint density at radius 3 is 1.30 bits per heavy atom. The zero-order chi connectivity index (χ0) is 27.1. The van der Waals surface area contributed by atoms with Crippen molar-refractivity contribution in [3.63, 3.8) is 0 Å². The van der Waals surface area contributed by atoms with Crippen LogP contribution in [0.3, 0.4) is 0 Å². The standard InChI is InChI=1S/C34H44O2Si/c1-9-33(36-37(26(2)3,27(4)5)28(6)7)29(8)25-35-34(30-19-13-10-14-20-30,31-21-15-11-16-22-31)32-23-17-12-18-24-32/h1,10-24,26-29,33H,25H2,2-8H3/t29-,33-/m1/s1. The molecule has 0 N–H and O–H groups in total. The SMILES string of the molecule is C#C[C@@H](O[Si](C(C)C)(C(C)C)C(C)C)[C@H](C)COC(c1ccccc1)(c1ccccc1)c1ccccc1. The van der Waals surface area contributed by atoms with E-state index >= 15 is 0 Å². The minimum atomic E-state index is -2.14. The van der Waals surface area contributed by atoms with Gasteiger partial charge >= 0.3 is 0 Å². The molecule has 0 unspecified atom stereocenters. The van der Waals surface area contributed by atoms with Crippen molar-refractivity contribution in [2.75, 3.05) is 6.61 Å². The largest absolute Gasteiger partial charge is 0.402 e. The maximum Gasteiger partial charge on any atom is 0.202 e. The maximum absolute atomic E-state index is 7.07. The summed E-state index contributed by atoms with van der Waals surface area (Å²) in [5.41, 5.74) is 3.91. The van der Waals surface area contributed by atoms with Gasteiger partial charge in [-0.15, -0.1) is 6.42 Å². The van der Waals surface area contributed by atoms with Gasteiger partial charge in [0.1, 0.15) is 11.7 Å². The maximum atomic E-state index is 7.07. The van der Waals surface area contributed by atoms with Crippen molar-refractivity contribution in [3.8, 4) is 12.3 Å². The summed E-state index contributed by atoms with van der Waals surface area (Å²) in [5.74, 6) is 3.03. The van der Waals surface area contributed by atoms with Gasteiger partial charge in [-0.05, 0) is 33.3 Å². The van der Waals surface area contributed by atoms with E-state index in [1.807, 2.05) is 18.2 Å². The van der Waals surface area contributed by atoms with Gasteiger partial charge in [0.2, 0.25) is 8.32 Å². The second-order valence-electron chi connectivity index (χ2n) is 11.1. The molecular weight excluding hydrogens is 468 g/mol. The summed E-state index contributed by atoms with van der Waals surface area (Å²) in [7, 11) is -2.14. The monoisotopic (exact) mass is 512 g/mol. The van der Waals surface area contributed by atoms with Crippen LogP contribution in [0.2, 0.25) is 16.6 Å². The zero-order valence-electron chi connectivity index (χ0n) is 23.6. The molecule has 2 nitrogen and oxygen atoms in total. The number of hydrogen-bond donors (Lipinski definition) is 0. The van der Waals surface area contributed by atoms with Crippen LogP contribution in [-0.2, 0) is 14.8 Å². The molecule has 2 atom stereocenters. The molecule has 3 aromatic rings. The molecule has 0 saturated carbocycles. The van der Waals surface area contributed by atoms with E-state index in [4.69, 9.17) is 15.6 Å². The van der Waals surface area contributed by atoms with Crippen LogP contribution in [0.1, 0.15) is 65.2 Å². The van der Waals surface area contributed by atoms with Crippen LogP contribution in [0, 0.1) is 18.3 Å². The molecule has 0 aliphatic heterocycles. The number of hydrogen-bond acceptors (Lipinski definition) is 2. The van der Waals surface area contributed by atoms with E-state index in [1.54, 1.807) is 0 Å². The quantitative estimate of drug-likeness (QED) is 0.137. The van der Waals surface area contributed by atoms with E-state index < -0.39 is 13.9 Å². The molecule has 0 spiro atoms. The summed E-state index contributed by atoms with van der Waals surface area (Å²) in [6.07, 6.45) is 5.84. The molecule has 0 aliphatic rings. The van der Waals surface area contributed by atoms with Gasteiger partial charge in [0.15, 0.2) is 0 Å². The third-order valence-electron chi connectivity index (χ3n) is 7.82. The van der Waals surface area contributed by atoms with Crippen molar-refractivity contribution in [1.82, 2.24) is 0 Å². The molecule has 3 aromatic carbocycles. The Morgan fingerprint density at radius 1 is 0.649 bits per heavy atom. The first-order valence-corrected chi connectivity index (χ1v) is 15.8. The predicted octanol–water partition coefficient (Wildman–Crippen LogP) is 8.83. The fourth-order valence-electron chi connectivity index (χ4n) is 6.06. The van der Waals surface area contributed by atoms with Crippen molar-refractivity contribution < 1.29 is 9.16 Å². The smallest absolute Gasteiger partial charge is 0.202 e. The lowest BCUT2D eigenvalue weighted by molar-refractivity contribution is -0.0219. The van der Waals surface area contributed by atoms with Crippen molar-refractivity contribution in [3.05, 3.63) is 108 Å². The normalized spacial score (nSPS) is 14.1. The summed E-state index contributed by atoms with van der Waals surface area (Å²) >= 11 is 0. The molecule has 0 fully saturated rings. The highest BCUT2D eigenvalue weighted by Crippen LogP contribution is 2.44. The van der Waals surface area contributed by atoms with Crippen LogP contribution in [0.25, 0.3) is 0 Å². The third-order valence-corrected chi connectivity index (χ3v) is 13.9. The fourth-order valence-corrected chi connectivity index (χ4v) is 11.6. The number of terminal acetylenes is 1. The first-order valence-electron chi connectivity index (χ1n) is 13.6. The Labute approximate surface area is 226 Å². The van der Waals surface area contributed by atoms with E-state index in [0.717, 1.165) is 16.7 Å². The van der Waals surface area contributed by atoms with Crippen molar-refractivity contribution in [2.45, 2.75) is 76.8 Å². The molecule has 37 heavy (non-hydrogen) atoms. The summed E-state index contributed by atoms with van der Waals surface area (Å²) in [6.45, 7) is 16.4. The molecule has 0 radical (unpaired) electrons. The average Bonchev–Trinajstić information content (AvgIpc) is 2.91. The van der Waals surface area contributed by atoms with Crippen molar-refractivity contribution in [2.24, 2.45) is 5.92 Å². The second kappa shape index (κ2) is 12.7. The van der Waals surface area contributed by atoms with Gasteiger partial charge < -0.3 is 9.16 Å². The van der Waals surface area contributed by atoms with Gasteiger partial charge in [-0.2, -0.15) is 0 Å². The summed E-state index contributed by atoms with van der Waals surface area (Å²) in [4.78, 5) is 0. The predicted molar refractivity (Wildman–Crippen MR) is 159 cm³/mol. The second-order valence-corrected chi connectivity index (χ2v) is 16.5. The van der Waals surface area contributed by atoms with E-state index in [9.17, 15) is 0 Å². The van der Waals surface area contributed by atoms with Crippen LogP contribution in [0.4, 0.5) is 0 Å². The molecule has 3 rings (SSSR count). The lowest BCUT2D eigenvalue weighted by atomic mass is 9.80. The highest BCUT2D eigenvalue weighted by Gasteiger charge is 2.47. The summed E-state index contributed by atoms with van der Waals surface area (Å²) in [5, 5.41) is 0. The average molecular weight is 513 g/mol. The topological polar surface area (TPSA) is 18.5 Å². The van der Waals surface area contributed by atoms with Gasteiger partial charge in [-0.3, -0.25) is 0 Å². The van der Waals surface area contributed by atoms with Crippen molar-refractivity contribution in [1.29, 1.82) is 0 Å². The Kier molecular flexibility index (Phi) is 9.96. The molecule has 0 amide bonds. The minimum Gasteiger partial charge on any atom is -0.402 e.